The highest BCUT2D eigenvalue weighted by molar-refractivity contribution is 5.52. The molecular formula is C12H19NO2. The van der Waals surface area contributed by atoms with Crippen molar-refractivity contribution in [2.45, 2.75) is 26.3 Å². The molecule has 0 bridgehead atoms. The van der Waals surface area contributed by atoms with Crippen molar-refractivity contribution in [2.24, 2.45) is 0 Å². The van der Waals surface area contributed by atoms with E-state index in [1.807, 2.05) is 39.0 Å². The minimum absolute atomic E-state index is 0.0865. The lowest BCUT2D eigenvalue weighted by atomic mass is 10.1. The molecular weight excluding hydrogens is 190 g/mol. The van der Waals surface area contributed by atoms with Crippen LogP contribution in [0, 0.1) is 6.92 Å². The number of hydrogen-bond acceptors (Lipinski definition) is 3. The monoisotopic (exact) mass is 209 g/mol. The van der Waals surface area contributed by atoms with Gasteiger partial charge in [0.15, 0.2) is 0 Å². The van der Waals surface area contributed by atoms with Gasteiger partial charge in [-0.05, 0) is 32.4 Å². The number of hydrogen-bond donors (Lipinski definition) is 2. The molecule has 0 aliphatic heterocycles. The van der Waals surface area contributed by atoms with Crippen molar-refractivity contribution >= 4 is 5.69 Å². The topological polar surface area (TPSA) is 41.5 Å². The summed E-state index contributed by atoms with van der Waals surface area (Å²) in [5.74, 6) is 0.855. The van der Waals surface area contributed by atoms with Crippen LogP contribution in [0.25, 0.3) is 0 Å². The minimum atomic E-state index is -0.319. The Morgan fingerprint density at radius 2 is 2.07 bits per heavy atom. The van der Waals surface area contributed by atoms with E-state index in [0.29, 0.717) is 0 Å². The molecule has 0 heterocycles. The van der Waals surface area contributed by atoms with Gasteiger partial charge in [0.25, 0.3) is 0 Å². The maximum atomic E-state index is 9.14. The van der Waals surface area contributed by atoms with Crippen LogP contribution in [0.1, 0.15) is 19.4 Å². The third-order valence-corrected chi connectivity index (χ3v) is 2.29. The Morgan fingerprint density at radius 1 is 1.40 bits per heavy atom. The maximum Gasteiger partial charge on any atom is 0.123 e. The summed E-state index contributed by atoms with van der Waals surface area (Å²) in [6.07, 6.45) is 0. The highest BCUT2D eigenvalue weighted by Gasteiger charge is 2.15. The van der Waals surface area contributed by atoms with Crippen molar-refractivity contribution in [3.8, 4) is 5.75 Å². The van der Waals surface area contributed by atoms with E-state index in [1.165, 1.54) is 0 Å². The Morgan fingerprint density at radius 3 is 2.60 bits per heavy atom. The highest BCUT2D eigenvalue weighted by Crippen LogP contribution is 2.24. The average Bonchev–Trinajstić information content (AvgIpc) is 2.20. The van der Waals surface area contributed by atoms with Gasteiger partial charge in [-0.3, -0.25) is 0 Å². The predicted octanol–water partition coefficient (Wildman–Crippen LogP) is 2.19. The molecule has 0 radical (unpaired) electrons. The number of aliphatic hydroxyl groups is 1. The molecule has 1 aromatic rings. The van der Waals surface area contributed by atoms with Crippen molar-refractivity contribution in [1.29, 1.82) is 0 Å². The molecule has 1 rings (SSSR count). The normalized spacial score (nSPS) is 11.3. The molecule has 1 aromatic carbocycles. The first-order valence-electron chi connectivity index (χ1n) is 5.02. The molecule has 0 aliphatic carbocycles. The Kier molecular flexibility index (Phi) is 3.58. The van der Waals surface area contributed by atoms with Gasteiger partial charge < -0.3 is 15.2 Å². The number of aryl methyl sites for hydroxylation is 1. The van der Waals surface area contributed by atoms with Crippen molar-refractivity contribution in [1.82, 2.24) is 0 Å². The average molecular weight is 209 g/mol. The maximum absolute atomic E-state index is 9.14. The molecule has 0 aliphatic rings. The first-order valence-corrected chi connectivity index (χ1v) is 5.02. The molecule has 15 heavy (non-hydrogen) atoms. The fraction of sp³-hybridized carbons (Fsp3) is 0.500. The molecule has 0 aromatic heterocycles. The molecule has 0 spiro atoms. The van der Waals surface area contributed by atoms with Gasteiger partial charge in [0.1, 0.15) is 5.75 Å². The molecule has 0 fully saturated rings. The second-order valence-corrected chi connectivity index (χ2v) is 4.35. The summed E-state index contributed by atoms with van der Waals surface area (Å²) in [4.78, 5) is 0. The van der Waals surface area contributed by atoms with Gasteiger partial charge in [0, 0.05) is 11.8 Å². The first kappa shape index (κ1) is 11.9. The molecule has 0 saturated carbocycles. The van der Waals surface area contributed by atoms with Gasteiger partial charge in [0.05, 0.1) is 19.3 Å². The second kappa shape index (κ2) is 4.53. The summed E-state index contributed by atoms with van der Waals surface area (Å²) >= 11 is 0. The quantitative estimate of drug-likeness (QED) is 0.798. The zero-order valence-corrected chi connectivity index (χ0v) is 9.79. The summed E-state index contributed by atoms with van der Waals surface area (Å²) in [7, 11) is 1.66. The van der Waals surface area contributed by atoms with E-state index in [4.69, 9.17) is 9.84 Å². The number of methoxy groups -OCH3 is 1. The van der Waals surface area contributed by atoms with Gasteiger partial charge in [-0.2, -0.15) is 0 Å². The molecule has 0 saturated heterocycles. The molecule has 3 heteroatoms. The smallest absolute Gasteiger partial charge is 0.123 e. The zero-order valence-electron chi connectivity index (χ0n) is 9.79. The molecule has 0 atom stereocenters. The molecule has 84 valence electrons. The number of ether oxygens (including phenoxy) is 1. The Labute approximate surface area is 91.1 Å². The number of aliphatic hydroxyl groups excluding tert-OH is 1. The summed E-state index contributed by atoms with van der Waals surface area (Å²) < 4.78 is 5.23. The van der Waals surface area contributed by atoms with Crippen LogP contribution in [-0.2, 0) is 0 Å². The largest absolute Gasteiger partial charge is 0.496 e. The van der Waals surface area contributed by atoms with E-state index in [-0.39, 0.29) is 12.1 Å². The summed E-state index contributed by atoms with van der Waals surface area (Å²) in [6.45, 7) is 5.97. The van der Waals surface area contributed by atoms with Gasteiger partial charge in [-0.25, -0.2) is 0 Å². The van der Waals surface area contributed by atoms with E-state index < -0.39 is 0 Å². The fourth-order valence-electron chi connectivity index (χ4n) is 1.33. The Balaban J connectivity index is 2.87. The molecule has 3 nitrogen and oxygen atoms in total. The van der Waals surface area contributed by atoms with E-state index in [9.17, 15) is 0 Å². The Bertz CT molecular complexity index is 334. The van der Waals surface area contributed by atoms with Crippen LogP contribution in [0.4, 0.5) is 5.69 Å². The number of nitrogens with one attached hydrogen (secondary N) is 1. The van der Waals surface area contributed by atoms with Gasteiger partial charge in [0.2, 0.25) is 0 Å². The molecule has 2 N–H and O–H groups in total. The number of rotatable bonds is 4. The van der Waals surface area contributed by atoms with Crippen LogP contribution in [0.2, 0.25) is 0 Å². The summed E-state index contributed by atoms with van der Waals surface area (Å²) in [5.41, 5.74) is 1.74. The minimum Gasteiger partial charge on any atom is -0.496 e. The number of anilines is 1. The zero-order chi connectivity index (χ0) is 11.5. The molecule has 0 unspecified atom stereocenters. The SMILES string of the molecule is COc1cc(NC(C)(C)CO)ccc1C. The molecule has 0 amide bonds. The summed E-state index contributed by atoms with van der Waals surface area (Å²) in [5, 5.41) is 12.4. The number of benzene rings is 1. The van der Waals surface area contributed by atoms with Crippen molar-refractivity contribution < 1.29 is 9.84 Å². The van der Waals surface area contributed by atoms with E-state index in [2.05, 4.69) is 5.32 Å². The van der Waals surface area contributed by atoms with Gasteiger partial charge in [-0.15, -0.1) is 0 Å². The first-order chi connectivity index (χ1) is 6.98. The van der Waals surface area contributed by atoms with Crippen LogP contribution >= 0.6 is 0 Å². The lowest BCUT2D eigenvalue weighted by Crippen LogP contribution is -2.34. The third kappa shape index (κ3) is 3.13. The van der Waals surface area contributed by atoms with Gasteiger partial charge >= 0.3 is 0 Å². The fourth-order valence-corrected chi connectivity index (χ4v) is 1.33. The van der Waals surface area contributed by atoms with E-state index in [1.54, 1.807) is 7.11 Å². The third-order valence-electron chi connectivity index (χ3n) is 2.29. The van der Waals surface area contributed by atoms with Crippen molar-refractivity contribution in [3.05, 3.63) is 23.8 Å². The van der Waals surface area contributed by atoms with Crippen LogP contribution in [0.5, 0.6) is 5.75 Å². The predicted molar refractivity (Wildman–Crippen MR) is 62.5 cm³/mol. The van der Waals surface area contributed by atoms with E-state index >= 15 is 0 Å². The van der Waals surface area contributed by atoms with Crippen molar-refractivity contribution in [3.63, 3.8) is 0 Å². The van der Waals surface area contributed by atoms with Gasteiger partial charge in [-0.1, -0.05) is 6.07 Å². The van der Waals surface area contributed by atoms with Crippen LogP contribution in [-0.4, -0.2) is 24.4 Å². The van der Waals surface area contributed by atoms with Crippen LogP contribution in [0.3, 0.4) is 0 Å². The standard InChI is InChI=1S/C12H19NO2/c1-9-5-6-10(7-11(9)15-4)13-12(2,3)8-14/h5-7,13-14H,8H2,1-4H3. The van der Waals surface area contributed by atoms with Crippen LogP contribution < -0.4 is 10.1 Å². The van der Waals surface area contributed by atoms with E-state index in [0.717, 1.165) is 17.0 Å². The van der Waals surface area contributed by atoms with Crippen LogP contribution in [0.15, 0.2) is 18.2 Å². The second-order valence-electron chi connectivity index (χ2n) is 4.35. The lowest BCUT2D eigenvalue weighted by molar-refractivity contribution is 0.234. The Hall–Kier alpha value is -1.22. The lowest BCUT2D eigenvalue weighted by Gasteiger charge is -2.25. The van der Waals surface area contributed by atoms with Crippen molar-refractivity contribution in [2.75, 3.05) is 19.0 Å². The highest BCUT2D eigenvalue weighted by atomic mass is 16.5. The summed E-state index contributed by atoms with van der Waals surface area (Å²) in [6, 6.07) is 5.91.